The van der Waals surface area contributed by atoms with Gasteiger partial charge in [-0.3, -0.25) is 9.80 Å². The van der Waals surface area contributed by atoms with Gasteiger partial charge in [-0.05, 0) is 25.3 Å². The molecule has 7 nitrogen and oxygen atoms in total. The van der Waals surface area contributed by atoms with E-state index in [1.54, 1.807) is 11.3 Å². The molecule has 3 aromatic heterocycles. The lowest BCUT2D eigenvalue weighted by Gasteiger charge is -2.36. The summed E-state index contributed by atoms with van der Waals surface area (Å²) in [4.78, 5) is 10.4. The average Bonchev–Trinajstić information content (AvgIpc) is 3.36. The highest BCUT2D eigenvalue weighted by Gasteiger charge is 2.26. The molecule has 0 radical (unpaired) electrons. The Balaban J connectivity index is 1.34. The van der Waals surface area contributed by atoms with Crippen LogP contribution in [0, 0.1) is 6.92 Å². The number of aromatic nitrogens is 3. The van der Waals surface area contributed by atoms with E-state index in [0.717, 1.165) is 49.1 Å². The molecule has 1 aliphatic rings. The Hall–Kier alpha value is -2.03. The summed E-state index contributed by atoms with van der Waals surface area (Å²) in [7, 11) is 0. The molecular weight excluding hydrogens is 338 g/mol. The Labute approximate surface area is 150 Å². The van der Waals surface area contributed by atoms with Crippen molar-refractivity contribution in [2.24, 2.45) is 0 Å². The molecule has 0 aliphatic carbocycles. The van der Waals surface area contributed by atoms with Crippen molar-refractivity contribution in [1.29, 1.82) is 0 Å². The van der Waals surface area contributed by atoms with Crippen molar-refractivity contribution in [2.75, 3.05) is 26.2 Å². The largest absolute Gasteiger partial charge is 0.361 e. The van der Waals surface area contributed by atoms with E-state index in [9.17, 15) is 0 Å². The second-order valence-corrected chi connectivity index (χ2v) is 7.30. The highest BCUT2D eigenvalue weighted by atomic mass is 32.1. The molecule has 132 valence electrons. The fraction of sp³-hybridized carbons (Fsp3) is 0.471. The Morgan fingerprint density at radius 3 is 2.72 bits per heavy atom. The number of rotatable bonds is 5. The lowest BCUT2D eigenvalue weighted by molar-refractivity contribution is 0.0833. The summed E-state index contributed by atoms with van der Waals surface area (Å²) in [6, 6.07) is 6.13. The number of piperazine rings is 1. The third kappa shape index (κ3) is 3.65. The average molecular weight is 359 g/mol. The molecule has 3 aromatic rings. The zero-order valence-corrected chi connectivity index (χ0v) is 15.2. The predicted octanol–water partition coefficient (Wildman–Crippen LogP) is 2.97. The van der Waals surface area contributed by atoms with Crippen molar-refractivity contribution in [3.05, 3.63) is 40.9 Å². The predicted molar refractivity (Wildman–Crippen MR) is 94.1 cm³/mol. The Kier molecular flexibility index (Phi) is 4.65. The smallest absolute Gasteiger partial charge is 0.244 e. The normalized spacial score (nSPS) is 17.8. The maximum atomic E-state index is 5.50. The van der Waals surface area contributed by atoms with Crippen LogP contribution in [0.4, 0.5) is 0 Å². The lowest BCUT2D eigenvalue weighted by atomic mass is 10.2. The molecule has 0 saturated carbocycles. The van der Waals surface area contributed by atoms with Crippen LogP contribution in [0.3, 0.4) is 0 Å². The lowest BCUT2D eigenvalue weighted by Crippen LogP contribution is -2.46. The molecular formula is C17H21N5O2S. The summed E-state index contributed by atoms with van der Waals surface area (Å²) in [6.07, 6.45) is 0. The van der Waals surface area contributed by atoms with Crippen LogP contribution in [0.1, 0.15) is 30.3 Å². The van der Waals surface area contributed by atoms with Crippen molar-refractivity contribution in [2.45, 2.75) is 26.4 Å². The maximum absolute atomic E-state index is 5.50. The van der Waals surface area contributed by atoms with Crippen molar-refractivity contribution in [3.63, 3.8) is 0 Å². The van der Waals surface area contributed by atoms with Crippen LogP contribution < -0.4 is 0 Å². The molecule has 8 heteroatoms. The molecule has 1 aliphatic heterocycles. The van der Waals surface area contributed by atoms with Gasteiger partial charge in [-0.2, -0.15) is 4.98 Å². The number of hydrogen-bond donors (Lipinski definition) is 0. The van der Waals surface area contributed by atoms with Crippen LogP contribution in [0.2, 0.25) is 0 Å². The number of aryl methyl sites for hydroxylation is 1. The Bertz CT molecular complexity index is 805. The molecule has 0 spiro atoms. The van der Waals surface area contributed by atoms with Crippen molar-refractivity contribution >= 4 is 11.3 Å². The highest BCUT2D eigenvalue weighted by molar-refractivity contribution is 7.13. The summed E-state index contributed by atoms with van der Waals surface area (Å²) in [6.45, 7) is 8.80. The minimum Gasteiger partial charge on any atom is -0.361 e. The van der Waals surface area contributed by atoms with Crippen LogP contribution >= 0.6 is 11.3 Å². The minimum absolute atomic E-state index is 0.123. The SMILES string of the molecule is Cc1cc(CN2CCN(C(C)c3nc(-c4cccs4)no3)CC2)no1. The molecule has 1 atom stereocenters. The van der Waals surface area contributed by atoms with Gasteiger partial charge in [-0.15, -0.1) is 11.3 Å². The van der Waals surface area contributed by atoms with E-state index < -0.39 is 0 Å². The monoisotopic (exact) mass is 359 g/mol. The van der Waals surface area contributed by atoms with Gasteiger partial charge in [0, 0.05) is 38.8 Å². The molecule has 0 amide bonds. The molecule has 0 bridgehead atoms. The van der Waals surface area contributed by atoms with Gasteiger partial charge < -0.3 is 9.05 Å². The van der Waals surface area contributed by atoms with Gasteiger partial charge >= 0.3 is 0 Å². The number of thiophene rings is 1. The molecule has 25 heavy (non-hydrogen) atoms. The second kappa shape index (κ2) is 7.07. The molecule has 1 unspecified atom stereocenters. The van der Waals surface area contributed by atoms with E-state index in [1.807, 2.05) is 30.5 Å². The number of nitrogens with zero attached hydrogens (tertiary/aromatic N) is 5. The highest BCUT2D eigenvalue weighted by Crippen LogP contribution is 2.26. The minimum atomic E-state index is 0.123. The van der Waals surface area contributed by atoms with Crippen LogP contribution in [0.15, 0.2) is 32.6 Å². The zero-order chi connectivity index (χ0) is 17.2. The molecule has 1 saturated heterocycles. The van der Waals surface area contributed by atoms with Crippen LogP contribution in [0.5, 0.6) is 0 Å². The van der Waals surface area contributed by atoms with Crippen LogP contribution in [-0.4, -0.2) is 51.3 Å². The first-order valence-electron chi connectivity index (χ1n) is 8.45. The summed E-state index contributed by atoms with van der Waals surface area (Å²) in [5.41, 5.74) is 0.997. The van der Waals surface area contributed by atoms with Crippen LogP contribution in [0.25, 0.3) is 10.7 Å². The van der Waals surface area contributed by atoms with E-state index in [4.69, 9.17) is 9.05 Å². The molecule has 1 fully saturated rings. The van der Waals surface area contributed by atoms with Gasteiger partial charge in [0.1, 0.15) is 5.76 Å². The first kappa shape index (κ1) is 16.4. The fourth-order valence-electron chi connectivity index (χ4n) is 3.10. The van der Waals surface area contributed by atoms with E-state index in [0.29, 0.717) is 11.7 Å². The molecule has 0 N–H and O–H groups in total. The van der Waals surface area contributed by atoms with E-state index in [1.165, 1.54) is 0 Å². The standard InChI is InChI=1S/C17H21N5O2S/c1-12-10-14(19-23-12)11-21-5-7-22(8-6-21)13(2)17-18-16(20-24-17)15-4-3-9-25-15/h3-4,9-10,13H,5-8,11H2,1-2H3. The van der Waals surface area contributed by atoms with Gasteiger partial charge in [0.25, 0.3) is 0 Å². The van der Waals surface area contributed by atoms with E-state index >= 15 is 0 Å². The van der Waals surface area contributed by atoms with Gasteiger partial charge in [0.15, 0.2) is 0 Å². The third-order valence-electron chi connectivity index (χ3n) is 4.56. The number of hydrogen-bond acceptors (Lipinski definition) is 8. The quantitative estimate of drug-likeness (QED) is 0.693. The summed E-state index contributed by atoms with van der Waals surface area (Å²) in [5.74, 6) is 2.22. The first-order valence-corrected chi connectivity index (χ1v) is 9.33. The van der Waals surface area contributed by atoms with Crippen molar-refractivity contribution in [3.8, 4) is 10.7 Å². The third-order valence-corrected chi connectivity index (χ3v) is 5.42. The topological polar surface area (TPSA) is 71.4 Å². The Morgan fingerprint density at radius 1 is 1.20 bits per heavy atom. The maximum Gasteiger partial charge on any atom is 0.244 e. The Morgan fingerprint density at radius 2 is 2.04 bits per heavy atom. The van der Waals surface area contributed by atoms with Gasteiger partial charge in [-0.1, -0.05) is 16.4 Å². The molecule has 4 rings (SSSR count). The van der Waals surface area contributed by atoms with E-state index in [2.05, 4.69) is 32.0 Å². The fourth-order valence-corrected chi connectivity index (χ4v) is 3.75. The first-order chi connectivity index (χ1) is 12.2. The van der Waals surface area contributed by atoms with Gasteiger partial charge in [-0.25, -0.2) is 0 Å². The summed E-state index contributed by atoms with van der Waals surface area (Å²) < 4.78 is 10.6. The second-order valence-electron chi connectivity index (χ2n) is 6.35. The van der Waals surface area contributed by atoms with Gasteiger partial charge in [0.2, 0.25) is 11.7 Å². The summed E-state index contributed by atoms with van der Waals surface area (Å²) in [5, 5.41) is 10.2. The van der Waals surface area contributed by atoms with Crippen molar-refractivity contribution in [1.82, 2.24) is 25.1 Å². The van der Waals surface area contributed by atoms with Crippen molar-refractivity contribution < 1.29 is 9.05 Å². The zero-order valence-electron chi connectivity index (χ0n) is 14.4. The van der Waals surface area contributed by atoms with Crippen LogP contribution in [-0.2, 0) is 6.54 Å². The van der Waals surface area contributed by atoms with Gasteiger partial charge in [0.05, 0.1) is 16.6 Å². The molecule has 0 aromatic carbocycles. The van der Waals surface area contributed by atoms with E-state index in [-0.39, 0.29) is 6.04 Å². The summed E-state index contributed by atoms with van der Waals surface area (Å²) >= 11 is 1.62. The molecule has 4 heterocycles.